The summed E-state index contributed by atoms with van der Waals surface area (Å²) >= 11 is 6.09. The van der Waals surface area contributed by atoms with E-state index in [9.17, 15) is 13.2 Å². The number of hydrogen-bond donors (Lipinski definition) is 3. The van der Waals surface area contributed by atoms with Crippen LogP contribution in [0.3, 0.4) is 0 Å². The predicted molar refractivity (Wildman–Crippen MR) is 132 cm³/mol. The number of carbonyl (C=O) groups excluding carboxylic acids is 1. The largest absolute Gasteiger partial charge is 0.465 e. The van der Waals surface area contributed by atoms with Gasteiger partial charge in [-0.1, -0.05) is 11.6 Å². The molecule has 9 nitrogen and oxygen atoms in total. The average Bonchev–Trinajstić information content (AvgIpc) is 3.18. The van der Waals surface area contributed by atoms with Crippen molar-refractivity contribution in [2.45, 2.75) is 24.8 Å². The summed E-state index contributed by atoms with van der Waals surface area (Å²) in [4.78, 5) is 21.3. The fourth-order valence-electron chi connectivity index (χ4n) is 3.70. The van der Waals surface area contributed by atoms with Crippen LogP contribution in [0.1, 0.15) is 17.1 Å². The summed E-state index contributed by atoms with van der Waals surface area (Å²) in [5, 5.41) is 6.43. The molecule has 1 amide bonds. The van der Waals surface area contributed by atoms with Crippen LogP contribution < -0.4 is 15.4 Å². The molecule has 0 atom stereocenters. The van der Waals surface area contributed by atoms with Gasteiger partial charge in [-0.15, -0.1) is 0 Å². The molecule has 0 spiro atoms. The van der Waals surface area contributed by atoms with Crippen LogP contribution in [0.4, 0.5) is 17.3 Å². The van der Waals surface area contributed by atoms with E-state index in [1.165, 1.54) is 12.1 Å². The maximum absolute atomic E-state index is 12.6. The van der Waals surface area contributed by atoms with Crippen molar-refractivity contribution < 1.29 is 17.6 Å². The SMILES string of the molecule is Cc1ccc(CNS(=O)(=O)c2ccc(Nc3ncc4c(n3)-c3ccc(Cl)cc3NC(=O)C4)cc2)o1. The Bertz CT molecular complexity index is 1530. The number of anilines is 3. The lowest BCUT2D eigenvalue weighted by atomic mass is 10.1. The first-order valence-electron chi connectivity index (χ1n) is 10.6. The van der Waals surface area contributed by atoms with Gasteiger partial charge in [-0.25, -0.2) is 23.1 Å². The Morgan fingerprint density at radius 3 is 2.66 bits per heavy atom. The van der Waals surface area contributed by atoms with Gasteiger partial charge in [-0.2, -0.15) is 0 Å². The first-order chi connectivity index (χ1) is 16.8. The number of carbonyl (C=O) groups is 1. The van der Waals surface area contributed by atoms with Gasteiger partial charge in [0, 0.05) is 28.0 Å². The lowest BCUT2D eigenvalue weighted by molar-refractivity contribution is -0.115. The van der Waals surface area contributed by atoms with E-state index in [0.29, 0.717) is 45.1 Å². The third-order valence-electron chi connectivity index (χ3n) is 5.38. The minimum atomic E-state index is -3.72. The van der Waals surface area contributed by atoms with Crippen molar-refractivity contribution in [3.63, 3.8) is 0 Å². The number of furan rings is 1. The Hall–Kier alpha value is -3.73. The molecule has 1 aliphatic heterocycles. The third kappa shape index (κ3) is 5.04. The van der Waals surface area contributed by atoms with Crippen LogP contribution in [0.15, 0.2) is 70.1 Å². The maximum atomic E-state index is 12.6. The second-order valence-electron chi connectivity index (χ2n) is 7.97. The second-order valence-corrected chi connectivity index (χ2v) is 10.2. The first kappa shape index (κ1) is 23.0. The van der Waals surface area contributed by atoms with Crippen LogP contribution in [-0.2, 0) is 27.8 Å². The van der Waals surface area contributed by atoms with E-state index in [-0.39, 0.29) is 23.8 Å². The van der Waals surface area contributed by atoms with Crippen LogP contribution in [0.5, 0.6) is 0 Å². The molecule has 0 radical (unpaired) electrons. The van der Waals surface area contributed by atoms with Gasteiger partial charge >= 0.3 is 0 Å². The van der Waals surface area contributed by atoms with Crippen molar-refractivity contribution in [2.24, 2.45) is 0 Å². The van der Waals surface area contributed by atoms with E-state index in [4.69, 9.17) is 16.0 Å². The molecule has 4 aromatic rings. The summed E-state index contributed by atoms with van der Waals surface area (Å²) in [6.07, 6.45) is 1.74. The van der Waals surface area contributed by atoms with Crippen molar-refractivity contribution in [1.29, 1.82) is 0 Å². The van der Waals surface area contributed by atoms with E-state index < -0.39 is 10.0 Å². The van der Waals surface area contributed by atoms with E-state index in [0.717, 1.165) is 5.56 Å². The molecule has 0 aliphatic carbocycles. The zero-order valence-corrected chi connectivity index (χ0v) is 20.1. The number of nitrogens with zero attached hydrogens (tertiary/aromatic N) is 2. The molecule has 2 aromatic heterocycles. The molecule has 3 N–H and O–H groups in total. The molecule has 5 rings (SSSR count). The molecule has 0 unspecified atom stereocenters. The van der Waals surface area contributed by atoms with Crippen molar-refractivity contribution in [2.75, 3.05) is 10.6 Å². The standard InChI is InChI=1S/C24H20ClN5O4S/c1-14-2-6-18(34-14)13-27-35(32,33)19-7-4-17(5-8-19)28-24-26-12-15-10-22(31)29-21-11-16(25)3-9-20(21)23(15)30-24/h2-9,11-12,27H,10,13H2,1H3,(H,29,31)(H,26,28,30). The Morgan fingerprint density at radius 1 is 1.11 bits per heavy atom. The number of fused-ring (bicyclic) bond motifs is 3. The van der Waals surface area contributed by atoms with Gasteiger partial charge in [0.15, 0.2) is 0 Å². The quantitative estimate of drug-likeness (QED) is 0.351. The number of nitrogens with one attached hydrogen (secondary N) is 3. The van der Waals surface area contributed by atoms with Crippen LogP contribution >= 0.6 is 11.6 Å². The van der Waals surface area contributed by atoms with Crippen molar-refractivity contribution in [1.82, 2.24) is 14.7 Å². The Labute approximate surface area is 206 Å². The zero-order chi connectivity index (χ0) is 24.6. The third-order valence-corrected chi connectivity index (χ3v) is 7.03. The highest BCUT2D eigenvalue weighted by Crippen LogP contribution is 2.34. The molecule has 178 valence electrons. The van der Waals surface area contributed by atoms with E-state index in [1.54, 1.807) is 55.6 Å². The van der Waals surface area contributed by atoms with Crippen LogP contribution in [-0.4, -0.2) is 24.3 Å². The Balaban J connectivity index is 1.35. The van der Waals surface area contributed by atoms with Crippen LogP contribution in [0, 0.1) is 6.92 Å². The molecule has 0 bridgehead atoms. The van der Waals surface area contributed by atoms with Gasteiger partial charge in [0.25, 0.3) is 0 Å². The van der Waals surface area contributed by atoms with Gasteiger partial charge in [0.1, 0.15) is 11.5 Å². The summed E-state index contributed by atoms with van der Waals surface area (Å²) in [5.74, 6) is 1.38. The fraction of sp³-hybridized carbons (Fsp3) is 0.125. The van der Waals surface area contributed by atoms with Crippen LogP contribution in [0.25, 0.3) is 11.3 Å². The predicted octanol–water partition coefficient (Wildman–Crippen LogP) is 4.42. The number of aryl methyl sites for hydroxylation is 1. The highest BCUT2D eigenvalue weighted by atomic mass is 35.5. The summed E-state index contributed by atoms with van der Waals surface area (Å²) in [7, 11) is -3.72. The maximum Gasteiger partial charge on any atom is 0.240 e. The molecule has 3 heterocycles. The zero-order valence-electron chi connectivity index (χ0n) is 18.5. The molecule has 0 saturated carbocycles. The first-order valence-corrected chi connectivity index (χ1v) is 12.5. The van der Waals surface area contributed by atoms with Crippen LogP contribution in [0.2, 0.25) is 5.02 Å². The number of rotatable bonds is 6. The minimum Gasteiger partial charge on any atom is -0.465 e. The summed E-state index contributed by atoms with van der Waals surface area (Å²) in [6, 6.07) is 14.9. The topological polar surface area (TPSA) is 126 Å². The molecular formula is C24H20ClN5O4S. The summed E-state index contributed by atoms with van der Waals surface area (Å²) in [6.45, 7) is 1.85. The molecule has 11 heteroatoms. The number of halogens is 1. The number of aromatic nitrogens is 2. The lowest BCUT2D eigenvalue weighted by Gasteiger charge is -2.11. The molecule has 1 aliphatic rings. The Kier molecular flexibility index (Phi) is 6.01. The van der Waals surface area contributed by atoms with Crippen molar-refractivity contribution in [3.05, 3.63) is 82.9 Å². The van der Waals surface area contributed by atoms with E-state index >= 15 is 0 Å². The summed E-state index contributed by atoms with van der Waals surface area (Å²) in [5.41, 5.74) is 3.22. The normalized spacial score (nSPS) is 12.9. The van der Waals surface area contributed by atoms with Crippen molar-refractivity contribution in [3.8, 4) is 11.3 Å². The molecule has 0 saturated heterocycles. The fourth-order valence-corrected chi connectivity index (χ4v) is 4.86. The van der Waals surface area contributed by atoms with Gasteiger partial charge in [0.05, 0.1) is 29.2 Å². The smallest absolute Gasteiger partial charge is 0.240 e. The van der Waals surface area contributed by atoms with Gasteiger partial charge < -0.3 is 15.1 Å². The molecule has 35 heavy (non-hydrogen) atoms. The van der Waals surface area contributed by atoms with E-state index in [1.807, 2.05) is 0 Å². The highest BCUT2D eigenvalue weighted by molar-refractivity contribution is 7.89. The Morgan fingerprint density at radius 2 is 1.91 bits per heavy atom. The summed E-state index contributed by atoms with van der Waals surface area (Å²) < 4.78 is 33.1. The minimum absolute atomic E-state index is 0.0587. The number of sulfonamides is 1. The highest BCUT2D eigenvalue weighted by Gasteiger charge is 2.21. The van der Waals surface area contributed by atoms with E-state index in [2.05, 4.69) is 25.3 Å². The molecule has 0 fully saturated rings. The van der Waals surface area contributed by atoms with Gasteiger partial charge in [-0.3, -0.25) is 4.79 Å². The average molecular weight is 510 g/mol. The number of benzene rings is 2. The van der Waals surface area contributed by atoms with Crippen molar-refractivity contribution >= 4 is 44.9 Å². The number of hydrogen-bond acceptors (Lipinski definition) is 7. The monoisotopic (exact) mass is 509 g/mol. The lowest BCUT2D eigenvalue weighted by Crippen LogP contribution is -2.22. The number of amides is 1. The second kappa shape index (κ2) is 9.14. The molecular weight excluding hydrogens is 490 g/mol. The van der Waals surface area contributed by atoms with Gasteiger partial charge in [0.2, 0.25) is 21.9 Å². The van der Waals surface area contributed by atoms with Gasteiger partial charge in [-0.05, 0) is 61.5 Å². The molecule has 2 aromatic carbocycles.